The number of methoxy groups -OCH3 is 1. The summed E-state index contributed by atoms with van der Waals surface area (Å²) >= 11 is 1.21. The maximum Gasteiger partial charge on any atom is 0.312 e. The van der Waals surface area contributed by atoms with Crippen molar-refractivity contribution in [3.63, 3.8) is 0 Å². The van der Waals surface area contributed by atoms with Crippen molar-refractivity contribution in [3.8, 4) is 17.1 Å². The second-order valence-corrected chi connectivity index (χ2v) is 6.99. The van der Waals surface area contributed by atoms with Crippen molar-refractivity contribution in [2.24, 2.45) is 5.73 Å². The molecule has 1 aromatic carbocycles. The molecular weight excluding hydrogens is 370 g/mol. The number of carbonyl (C=O) groups is 2. The lowest BCUT2D eigenvalue weighted by molar-refractivity contribution is -0.129. The minimum absolute atomic E-state index is 0.00125. The van der Waals surface area contributed by atoms with Crippen LogP contribution in [0.1, 0.15) is 12.8 Å². The van der Waals surface area contributed by atoms with Gasteiger partial charge in [-0.05, 0) is 25.0 Å². The number of amides is 3. The highest BCUT2D eigenvalue weighted by Crippen LogP contribution is 2.24. The Morgan fingerprint density at radius 1 is 1.41 bits per heavy atom. The van der Waals surface area contributed by atoms with Gasteiger partial charge in [0.2, 0.25) is 11.7 Å². The molecule has 2 aromatic rings. The van der Waals surface area contributed by atoms with E-state index in [1.807, 2.05) is 24.3 Å². The summed E-state index contributed by atoms with van der Waals surface area (Å²) in [5, 5.41) is 6.97. The van der Waals surface area contributed by atoms with E-state index in [1.165, 1.54) is 11.8 Å². The normalized spacial score (nSPS) is 14.8. The van der Waals surface area contributed by atoms with Crippen LogP contribution < -0.4 is 15.8 Å². The van der Waals surface area contributed by atoms with Crippen LogP contribution >= 0.6 is 11.8 Å². The fourth-order valence-electron chi connectivity index (χ4n) is 2.84. The predicted molar refractivity (Wildman–Crippen MR) is 99.3 cm³/mol. The minimum atomic E-state index is -0.529. The Morgan fingerprint density at radius 2 is 2.19 bits per heavy atom. The summed E-state index contributed by atoms with van der Waals surface area (Å²) in [6.45, 7) is 1.17. The number of aromatic nitrogens is 2. The number of rotatable bonds is 6. The molecule has 1 saturated heterocycles. The Bertz CT molecular complexity index is 804. The van der Waals surface area contributed by atoms with Crippen molar-refractivity contribution >= 4 is 23.7 Å². The summed E-state index contributed by atoms with van der Waals surface area (Å²) in [5.41, 5.74) is 5.90. The van der Waals surface area contributed by atoms with E-state index in [-0.39, 0.29) is 17.7 Å². The average Bonchev–Trinajstić information content (AvgIpc) is 3.15. The quantitative estimate of drug-likeness (QED) is 0.715. The zero-order valence-electron chi connectivity index (χ0n) is 14.9. The molecule has 3 amide bonds. The molecular formula is C17H21N5O4S. The number of benzene rings is 1. The molecule has 0 atom stereocenters. The predicted octanol–water partition coefficient (Wildman–Crippen LogP) is 1.50. The van der Waals surface area contributed by atoms with Crippen LogP contribution in [0.15, 0.2) is 34.0 Å². The van der Waals surface area contributed by atoms with Gasteiger partial charge in [0.1, 0.15) is 5.75 Å². The number of primary amides is 1. The molecule has 1 aliphatic heterocycles. The molecule has 3 N–H and O–H groups in total. The number of urea groups is 1. The average molecular weight is 391 g/mol. The summed E-state index contributed by atoms with van der Waals surface area (Å²) in [6, 6.07) is 6.85. The first-order chi connectivity index (χ1) is 13.0. The van der Waals surface area contributed by atoms with Gasteiger partial charge in [0, 0.05) is 24.7 Å². The number of likely N-dealkylation sites (tertiary alicyclic amines) is 1. The molecule has 3 rings (SSSR count). The van der Waals surface area contributed by atoms with E-state index in [0.29, 0.717) is 42.7 Å². The summed E-state index contributed by atoms with van der Waals surface area (Å²) in [4.78, 5) is 29.3. The van der Waals surface area contributed by atoms with Gasteiger partial charge in [-0.2, -0.15) is 4.98 Å². The summed E-state index contributed by atoms with van der Waals surface area (Å²) in [6.07, 6.45) is 1.39. The highest BCUT2D eigenvalue weighted by molar-refractivity contribution is 7.99. The number of nitrogens with one attached hydrogen (secondary N) is 1. The molecule has 0 saturated carbocycles. The Morgan fingerprint density at radius 3 is 2.89 bits per heavy atom. The molecule has 10 heteroatoms. The molecule has 0 radical (unpaired) electrons. The molecule has 0 spiro atoms. The van der Waals surface area contributed by atoms with E-state index in [1.54, 1.807) is 12.0 Å². The van der Waals surface area contributed by atoms with Gasteiger partial charge in [0.05, 0.1) is 12.9 Å². The van der Waals surface area contributed by atoms with Gasteiger partial charge in [0.15, 0.2) is 0 Å². The maximum absolute atomic E-state index is 12.3. The first-order valence-corrected chi connectivity index (χ1v) is 9.48. The minimum Gasteiger partial charge on any atom is -0.497 e. The number of ether oxygens (including phenoxy) is 1. The summed E-state index contributed by atoms with van der Waals surface area (Å²) in [5.74, 6) is 1.37. The van der Waals surface area contributed by atoms with Crippen molar-refractivity contribution in [2.45, 2.75) is 24.1 Å². The maximum atomic E-state index is 12.3. The first kappa shape index (κ1) is 19.0. The third-order valence-electron chi connectivity index (χ3n) is 4.25. The van der Waals surface area contributed by atoms with Crippen LogP contribution in [0.4, 0.5) is 4.79 Å². The molecule has 0 aliphatic carbocycles. The Hall–Kier alpha value is -2.75. The third kappa shape index (κ3) is 5.13. The van der Waals surface area contributed by atoms with Crippen LogP contribution in [-0.4, -0.2) is 59.0 Å². The van der Waals surface area contributed by atoms with Crippen LogP contribution in [0.25, 0.3) is 11.4 Å². The van der Waals surface area contributed by atoms with Gasteiger partial charge in [0.25, 0.3) is 5.22 Å². The number of thioether (sulfide) groups is 1. The van der Waals surface area contributed by atoms with Crippen LogP contribution in [-0.2, 0) is 4.79 Å². The third-order valence-corrected chi connectivity index (χ3v) is 5.05. The van der Waals surface area contributed by atoms with E-state index in [4.69, 9.17) is 15.0 Å². The highest BCUT2D eigenvalue weighted by atomic mass is 32.2. The van der Waals surface area contributed by atoms with Gasteiger partial charge in [-0.15, -0.1) is 0 Å². The molecule has 1 fully saturated rings. The van der Waals surface area contributed by atoms with E-state index in [0.717, 1.165) is 5.56 Å². The molecule has 0 unspecified atom stereocenters. The Labute approximate surface area is 160 Å². The number of nitrogens with zero attached hydrogens (tertiary/aromatic N) is 3. The van der Waals surface area contributed by atoms with Crippen LogP contribution in [0.5, 0.6) is 5.75 Å². The zero-order valence-corrected chi connectivity index (χ0v) is 15.7. The smallest absolute Gasteiger partial charge is 0.312 e. The number of piperidine rings is 1. The Balaban J connectivity index is 1.50. The molecule has 9 nitrogen and oxygen atoms in total. The number of carbonyl (C=O) groups excluding carboxylic acids is 2. The summed E-state index contributed by atoms with van der Waals surface area (Å²) in [7, 11) is 1.59. The lowest BCUT2D eigenvalue weighted by atomic mass is 10.1. The van der Waals surface area contributed by atoms with E-state index in [2.05, 4.69) is 15.5 Å². The van der Waals surface area contributed by atoms with Gasteiger partial charge >= 0.3 is 6.03 Å². The fourth-order valence-corrected chi connectivity index (χ4v) is 3.51. The van der Waals surface area contributed by atoms with Crippen LogP contribution in [0, 0.1) is 0 Å². The molecule has 1 aliphatic rings. The van der Waals surface area contributed by atoms with E-state index < -0.39 is 6.03 Å². The number of hydrogen-bond acceptors (Lipinski definition) is 7. The molecule has 2 heterocycles. The molecule has 1 aromatic heterocycles. The largest absolute Gasteiger partial charge is 0.497 e. The van der Waals surface area contributed by atoms with Gasteiger partial charge < -0.3 is 25.2 Å². The van der Waals surface area contributed by atoms with Crippen molar-refractivity contribution < 1.29 is 18.8 Å². The van der Waals surface area contributed by atoms with Gasteiger partial charge in [-0.1, -0.05) is 29.1 Å². The molecule has 27 heavy (non-hydrogen) atoms. The Kier molecular flexibility index (Phi) is 6.17. The van der Waals surface area contributed by atoms with Gasteiger partial charge in [-0.3, -0.25) is 4.79 Å². The zero-order chi connectivity index (χ0) is 19.2. The SMILES string of the molecule is COc1cccc(-c2noc(SCC(=O)N3CCC(NC(N)=O)CC3)n2)c1. The lowest BCUT2D eigenvalue weighted by Gasteiger charge is -2.31. The standard InChI is InChI=1S/C17H21N5O4S/c1-25-13-4-2-3-11(9-13)15-20-17(26-21-15)27-10-14(23)22-7-5-12(6-8-22)19-16(18)24/h2-4,9,12H,5-8,10H2,1H3,(H3,18,19,24). The monoisotopic (exact) mass is 391 g/mol. The molecule has 144 valence electrons. The number of hydrogen-bond donors (Lipinski definition) is 2. The van der Waals surface area contributed by atoms with Crippen molar-refractivity contribution in [2.75, 3.05) is 26.0 Å². The number of nitrogens with two attached hydrogens (primary N) is 1. The second-order valence-electron chi connectivity index (χ2n) is 6.07. The highest BCUT2D eigenvalue weighted by Gasteiger charge is 2.24. The first-order valence-electron chi connectivity index (χ1n) is 8.50. The van der Waals surface area contributed by atoms with E-state index in [9.17, 15) is 9.59 Å². The van der Waals surface area contributed by atoms with Crippen molar-refractivity contribution in [3.05, 3.63) is 24.3 Å². The molecule has 0 bridgehead atoms. The lowest BCUT2D eigenvalue weighted by Crippen LogP contribution is -2.48. The van der Waals surface area contributed by atoms with Gasteiger partial charge in [-0.25, -0.2) is 4.79 Å². The van der Waals surface area contributed by atoms with Crippen LogP contribution in [0.3, 0.4) is 0 Å². The summed E-state index contributed by atoms with van der Waals surface area (Å²) < 4.78 is 10.4. The van der Waals surface area contributed by atoms with E-state index >= 15 is 0 Å². The van der Waals surface area contributed by atoms with Crippen molar-refractivity contribution in [1.82, 2.24) is 20.4 Å². The van der Waals surface area contributed by atoms with Crippen LogP contribution in [0.2, 0.25) is 0 Å². The topological polar surface area (TPSA) is 124 Å². The van der Waals surface area contributed by atoms with Crippen molar-refractivity contribution in [1.29, 1.82) is 0 Å². The fraction of sp³-hybridized carbons (Fsp3) is 0.412. The second kappa shape index (κ2) is 8.76.